The molecule has 198 valence electrons. The van der Waals surface area contributed by atoms with Gasteiger partial charge in [-0.3, -0.25) is 9.69 Å². The van der Waals surface area contributed by atoms with E-state index in [1.165, 1.54) is 25.7 Å². The van der Waals surface area contributed by atoms with Crippen molar-refractivity contribution in [3.8, 4) is 5.75 Å². The zero-order chi connectivity index (χ0) is 26.2. The minimum Gasteiger partial charge on any atom is -0.490 e. The molecule has 0 radical (unpaired) electrons. The van der Waals surface area contributed by atoms with Crippen LogP contribution in [0.5, 0.6) is 5.75 Å². The van der Waals surface area contributed by atoms with E-state index in [2.05, 4.69) is 15.6 Å². The molecule has 8 nitrogen and oxygen atoms in total. The van der Waals surface area contributed by atoms with Gasteiger partial charge in [-0.05, 0) is 50.1 Å². The van der Waals surface area contributed by atoms with Crippen molar-refractivity contribution in [3.63, 3.8) is 0 Å². The van der Waals surface area contributed by atoms with Crippen LogP contribution in [0.15, 0.2) is 36.5 Å². The van der Waals surface area contributed by atoms with Crippen LogP contribution in [0.4, 0.5) is 21.9 Å². The smallest absolute Gasteiger partial charge is 0.331 e. The Balaban J connectivity index is 0.000000272. The highest BCUT2D eigenvalue weighted by atomic mass is 32.1. The molecular weight excluding hydrogens is 488 g/mol. The van der Waals surface area contributed by atoms with E-state index in [0.717, 1.165) is 70.4 Å². The van der Waals surface area contributed by atoms with Crippen molar-refractivity contribution in [2.24, 2.45) is 0 Å². The fourth-order valence-corrected chi connectivity index (χ4v) is 5.80. The molecule has 37 heavy (non-hydrogen) atoms. The number of urea groups is 1. The summed E-state index contributed by atoms with van der Waals surface area (Å²) in [4.78, 5) is 30.8. The summed E-state index contributed by atoms with van der Waals surface area (Å²) in [5.74, 6) is 0.815. The summed E-state index contributed by atoms with van der Waals surface area (Å²) in [6, 6.07) is 9.91. The van der Waals surface area contributed by atoms with Crippen LogP contribution in [0, 0.1) is 6.92 Å². The van der Waals surface area contributed by atoms with Crippen LogP contribution in [0.2, 0.25) is 0 Å². The third kappa shape index (κ3) is 6.22. The van der Waals surface area contributed by atoms with Gasteiger partial charge in [0.2, 0.25) is 6.41 Å². The van der Waals surface area contributed by atoms with E-state index in [-0.39, 0.29) is 12.1 Å². The summed E-state index contributed by atoms with van der Waals surface area (Å²) in [6.45, 7) is 7.50. The maximum Gasteiger partial charge on any atom is 0.331 e. The van der Waals surface area contributed by atoms with Crippen molar-refractivity contribution in [2.75, 3.05) is 23.4 Å². The molecule has 9 heteroatoms. The number of hydrogen-bond acceptors (Lipinski definition) is 6. The molecule has 3 aliphatic rings. The van der Waals surface area contributed by atoms with Gasteiger partial charge in [0.1, 0.15) is 16.7 Å². The van der Waals surface area contributed by atoms with E-state index in [1.807, 2.05) is 51.1 Å². The van der Waals surface area contributed by atoms with Crippen LogP contribution in [0.1, 0.15) is 57.2 Å². The van der Waals surface area contributed by atoms with E-state index >= 15 is 0 Å². The lowest BCUT2D eigenvalue weighted by molar-refractivity contribution is -0.110. The van der Waals surface area contributed by atoms with E-state index in [4.69, 9.17) is 9.47 Å². The van der Waals surface area contributed by atoms with E-state index in [9.17, 15) is 9.59 Å². The van der Waals surface area contributed by atoms with Crippen molar-refractivity contribution in [1.29, 1.82) is 0 Å². The molecule has 6 rings (SSSR count). The van der Waals surface area contributed by atoms with Gasteiger partial charge in [0.05, 0.1) is 35.7 Å². The highest BCUT2D eigenvalue weighted by molar-refractivity contribution is 7.19. The molecule has 3 aromatic rings. The second-order valence-corrected chi connectivity index (χ2v) is 10.2. The maximum absolute atomic E-state index is 12.8. The van der Waals surface area contributed by atoms with Gasteiger partial charge in [-0.15, -0.1) is 11.3 Å². The van der Waals surface area contributed by atoms with Crippen LogP contribution in [0.25, 0.3) is 10.2 Å². The van der Waals surface area contributed by atoms with Crippen LogP contribution in [-0.4, -0.2) is 42.8 Å². The zero-order valence-electron chi connectivity index (χ0n) is 21.8. The number of rotatable bonds is 5. The molecule has 1 aromatic carbocycles. The number of aryl methyl sites for hydroxylation is 1. The molecule has 0 spiro atoms. The predicted octanol–water partition coefficient (Wildman–Crippen LogP) is 6.55. The first kappa shape index (κ1) is 26.9. The number of nitrogens with one attached hydrogen (secondary N) is 2. The number of aromatic nitrogens is 1. The zero-order valence-corrected chi connectivity index (χ0v) is 22.6. The number of pyridine rings is 1. The first-order valence-corrected chi connectivity index (χ1v) is 14.0. The first-order valence-electron chi connectivity index (χ1n) is 13.2. The molecule has 3 amide bonds. The van der Waals surface area contributed by atoms with Gasteiger partial charge in [0, 0.05) is 30.0 Å². The first-order chi connectivity index (χ1) is 18.1. The number of thiophene rings is 1. The minimum atomic E-state index is -0.158. The monoisotopic (exact) mass is 524 g/mol. The second-order valence-electron chi connectivity index (χ2n) is 9.00. The Hall–Kier alpha value is -3.17. The SMILES string of the molecule is CC.Cc1sc2nccc3c2c1NC(=O)N3c1ccc(OC2CCOCC2)cc1.O=CNC1CCCC1. The molecule has 0 unspecified atom stereocenters. The third-order valence-electron chi connectivity index (χ3n) is 6.65. The lowest BCUT2D eigenvalue weighted by Gasteiger charge is -2.28. The number of hydrogen-bond donors (Lipinski definition) is 2. The Bertz CT molecular complexity index is 1180. The van der Waals surface area contributed by atoms with Gasteiger partial charge in [0.25, 0.3) is 0 Å². The Labute approximate surface area is 222 Å². The average Bonchev–Trinajstić information content (AvgIpc) is 3.56. The second kappa shape index (κ2) is 12.9. The van der Waals surface area contributed by atoms with E-state index < -0.39 is 0 Å². The third-order valence-corrected chi connectivity index (χ3v) is 7.66. The molecule has 0 bridgehead atoms. The van der Waals surface area contributed by atoms with Gasteiger partial charge in [-0.25, -0.2) is 9.78 Å². The lowest BCUT2D eigenvalue weighted by atomic mass is 10.1. The van der Waals surface area contributed by atoms with Crippen LogP contribution < -0.4 is 20.3 Å². The normalized spacial score (nSPS) is 17.3. The molecule has 2 aliphatic heterocycles. The highest BCUT2D eigenvalue weighted by Gasteiger charge is 2.29. The Morgan fingerprint density at radius 1 is 1.11 bits per heavy atom. The van der Waals surface area contributed by atoms with Crippen LogP contribution in [-0.2, 0) is 9.53 Å². The number of anilines is 3. The number of ether oxygens (including phenoxy) is 2. The van der Waals surface area contributed by atoms with Crippen molar-refractivity contribution < 1.29 is 19.1 Å². The molecule has 1 saturated carbocycles. The molecule has 2 fully saturated rings. The quantitative estimate of drug-likeness (QED) is 0.369. The minimum absolute atomic E-state index is 0.158. The summed E-state index contributed by atoms with van der Waals surface area (Å²) in [7, 11) is 0. The summed E-state index contributed by atoms with van der Waals surface area (Å²) in [5, 5.41) is 6.78. The predicted molar refractivity (Wildman–Crippen MR) is 149 cm³/mol. The largest absolute Gasteiger partial charge is 0.490 e. The molecular formula is C28H36N4O4S. The molecule has 2 N–H and O–H groups in total. The number of carbonyl (C=O) groups is 2. The Morgan fingerprint density at radius 3 is 2.49 bits per heavy atom. The molecule has 1 saturated heterocycles. The average molecular weight is 525 g/mol. The Morgan fingerprint density at radius 2 is 1.81 bits per heavy atom. The van der Waals surface area contributed by atoms with Gasteiger partial charge in [0.15, 0.2) is 0 Å². The lowest BCUT2D eigenvalue weighted by Crippen LogP contribution is -2.33. The fraction of sp³-hybridized carbons (Fsp3) is 0.464. The van der Waals surface area contributed by atoms with Crippen molar-refractivity contribution >= 4 is 51.1 Å². The fourth-order valence-electron chi connectivity index (χ4n) is 4.83. The van der Waals surface area contributed by atoms with Crippen LogP contribution >= 0.6 is 11.3 Å². The number of carbonyl (C=O) groups excluding carboxylic acids is 2. The Kier molecular flexibility index (Phi) is 9.35. The molecule has 0 atom stereocenters. The van der Waals surface area contributed by atoms with Gasteiger partial charge in [-0.2, -0.15) is 0 Å². The molecule has 4 heterocycles. The van der Waals surface area contributed by atoms with Gasteiger partial charge < -0.3 is 20.1 Å². The van der Waals surface area contributed by atoms with Crippen LogP contribution in [0.3, 0.4) is 0 Å². The van der Waals surface area contributed by atoms with Gasteiger partial charge >= 0.3 is 6.03 Å². The standard InChI is InChI=1S/C20H19N3O3S.C6H11NO.C2H6/c1-12-18-17-16(6-9-21-19(17)27-12)23(20(24)22-18)13-2-4-14(5-3-13)26-15-7-10-25-11-8-15;8-5-7-6-3-1-2-4-6;1-2/h2-6,9,15H,7-8,10-11H2,1H3,(H,22,24);5-6H,1-4H2,(H,7,8);1-2H3. The van der Waals surface area contributed by atoms with Crippen molar-refractivity contribution in [2.45, 2.75) is 71.4 Å². The van der Waals surface area contributed by atoms with E-state index in [0.29, 0.717) is 6.04 Å². The summed E-state index contributed by atoms with van der Waals surface area (Å²) < 4.78 is 11.4. The van der Waals surface area contributed by atoms with Gasteiger partial charge in [-0.1, -0.05) is 26.7 Å². The summed E-state index contributed by atoms with van der Waals surface area (Å²) >= 11 is 1.60. The van der Waals surface area contributed by atoms with E-state index in [1.54, 1.807) is 22.4 Å². The van der Waals surface area contributed by atoms with Crippen molar-refractivity contribution in [3.05, 3.63) is 41.4 Å². The number of nitrogens with zero attached hydrogens (tertiary/aromatic N) is 2. The highest BCUT2D eigenvalue weighted by Crippen LogP contribution is 2.45. The molecule has 1 aliphatic carbocycles. The summed E-state index contributed by atoms with van der Waals surface area (Å²) in [5.41, 5.74) is 2.54. The van der Waals surface area contributed by atoms with Crippen molar-refractivity contribution in [1.82, 2.24) is 10.3 Å². The topological polar surface area (TPSA) is 92.8 Å². The summed E-state index contributed by atoms with van der Waals surface area (Å²) in [6.07, 6.45) is 9.49. The maximum atomic E-state index is 12.8. The number of benzene rings is 1. The number of amides is 3. The molecule has 2 aromatic heterocycles.